The minimum atomic E-state index is -0.842. The molecule has 0 saturated heterocycles. The molecular weight excluding hydrogens is 220 g/mol. The SMILES string of the molecule is CC(CCNC(=O)CC(N)C(C)(C)C)C(=O)O. The Morgan fingerprint density at radius 2 is 1.88 bits per heavy atom. The van der Waals surface area contributed by atoms with Gasteiger partial charge in [0.2, 0.25) is 5.91 Å². The van der Waals surface area contributed by atoms with Crippen molar-refractivity contribution in [1.82, 2.24) is 5.32 Å². The Kier molecular flexibility index (Phi) is 6.16. The predicted molar refractivity (Wildman–Crippen MR) is 66.5 cm³/mol. The predicted octanol–water partition coefficient (Wildman–Crippen LogP) is 0.977. The van der Waals surface area contributed by atoms with Crippen LogP contribution in [0.5, 0.6) is 0 Å². The summed E-state index contributed by atoms with van der Waals surface area (Å²) >= 11 is 0. The average Bonchev–Trinajstić information content (AvgIpc) is 2.15. The highest BCUT2D eigenvalue weighted by Crippen LogP contribution is 2.19. The Balaban J connectivity index is 3.85. The van der Waals surface area contributed by atoms with Crippen molar-refractivity contribution in [2.45, 2.75) is 46.6 Å². The van der Waals surface area contributed by atoms with Gasteiger partial charge in [0.05, 0.1) is 5.92 Å². The number of carboxylic acid groups (broad SMARTS) is 1. The molecule has 0 heterocycles. The van der Waals surface area contributed by atoms with E-state index in [-0.39, 0.29) is 23.8 Å². The van der Waals surface area contributed by atoms with Crippen molar-refractivity contribution in [3.8, 4) is 0 Å². The summed E-state index contributed by atoms with van der Waals surface area (Å²) in [5.74, 6) is -1.40. The van der Waals surface area contributed by atoms with Crippen molar-refractivity contribution in [3.63, 3.8) is 0 Å². The first-order chi connectivity index (χ1) is 7.64. The maximum Gasteiger partial charge on any atom is 0.306 e. The van der Waals surface area contributed by atoms with Crippen molar-refractivity contribution < 1.29 is 14.7 Å². The zero-order chi connectivity index (χ0) is 13.6. The highest BCUT2D eigenvalue weighted by Gasteiger charge is 2.23. The quantitative estimate of drug-likeness (QED) is 0.649. The third-order valence-electron chi connectivity index (χ3n) is 2.84. The van der Waals surface area contributed by atoms with Crippen LogP contribution in [0.3, 0.4) is 0 Å². The van der Waals surface area contributed by atoms with E-state index in [1.54, 1.807) is 6.92 Å². The summed E-state index contributed by atoms with van der Waals surface area (Å²) in [5, 5.41) is 11.4. The van der Waals surface area contributed by atoms with Crippen LogP contribution in [0.15, 0.2) is 0 Å². The van der Waals surface area contributed by atoms with Crippen molar-refractivity contribution in [1.29, 1.82) is 0 Å². The summed E-state index contributed by atoms with van der Waals surface area (Å²) < 4.78 is 0. The molecule has 2 atom stereocenters. The minimum absolute atomic E-state index is 0.105. The highest BCUT2D eigenvalue weighted by molar-refractivity contribution is 5.76. The third-order valence-corrected chi connectivity index (χ3v) is 2.84. The van der Waals surface area contributed by atoms with Gasteiger partial charge in [0.15, 0.2) is 0 Å². The smallest absolute Gasteiger partial charge is 0.306 e. The standard InChI is InChI=1S/C12H24N2O3/c1-8(11(16)17)5-6-14-10(15)7-9(13)12(2,3)4/h8-9H,5-7,13H2,1-4H3,(H,14,15)(H,16,17). The zero-order valence-electron chi connectivity index (χ0n) is 11.1. The molecule has 2 unspecified atom stereocenters. The van der Waals surface area contributed by atoms with Crippen molar-refractivity contribution >= 4 is 11.9 Å². The molecule has 0 aliphatic heterocycles. The molecule has 0 aliphatic carbocycles. The molecule has 17 heavy (non-hydrogen) atoms. The van der Waals surface area contributed by atoms with E-state index >= 15 is 0 Å². The zero-order valence-corrected chi connectivity index (χ0v) is 11.1. The third kappa shape index (κ3) is 6.94. The molecule has 0 fully saturated rings. The number of nitrogens with two attached hydrogens (primary N) is 1. The second-order valence-electron chi connectivity index (χ2n) is 5.55. The van der Waals surface area contributed by atoms with Gasteiger partial charge < -0.3 is 16.2 Å². The van der Waals surface area contributed by atoms with Gasteiger partial charge in [-0.15, -0.1) is 0 Å². The van der Waals surface area contributed by atoms with Crippen molar-refractivity contribution in [2.24, 2.45) is 17.1 Å². The average molecular weight is 244 g/mol. The Morgan fingerprint density at radius 3 is 2.29 bits per heavy atom. The van der Waals surface area contributed by atoms with E-state index in [1.165, 1.54) is 0 Å². The van der Waals surface area contributed by atoms with E-state index in [4.69, 9.17) is 10.8 Å². The summed E-state index contributed by atoms with van der Waals surface area (Å²) in [6.07, 6.45) is 0.705. The Hall–Kier alpha value is -1.10. The van der Waals surface area contributed by atoms with Crippen LogP contribution in [0, 0.1) is 11.3 Å². The van der Waals surface area contributed by atoms with Gasteiger partial charge >= 0.3 is 5.97 Å². The fourth-order valence-corrected chi connectivity index (χ4v) is 1.13. The fraction of sp³-hybridized carbons (Fsp3) is 0.833. The number of rotatable bonds is 6. The number of aliphatic carboxylic acids is 1. The van der Waals surface area contributed by atoms with Gasteiger partial charge in [-0.2, -0.15) is 0 Å². The van der Waals surface area contributed by atoms with Crippen LogP contribution < -0.4 is 11.1 Å². The van der Waals surface area contributed by atoms with E-state index in [1.807, 2.05) is 20.8 Å². The number of carbonyl (C=O) groups excluding carboxylic acids is 1. The summed E-state index contributed by atoms with van der Waals surface area (Å²) in [7, 11) is 0. The molecule has 0 aliphatic rings. The summed E-state index contributed by atoms with van der Waals surface area (Å²) in [4.78, 5) is 22.1. The molecule has 0 bridgehead atoms. The van der Waals surface area contributed by atoms with Gasteiger partial charge in [-0.25, -0.2) is 0 Å². The van der Waals surface area contributed by atoms with Gasteiger partial charge in [0.25, 0.3) is 0 Å². The molecule has 0 aromatic carbocycles. The number of amides is 1. The monoisotopic (exact) mass is 244 g/mol. The lowest BCUT2D eigenvalue weighted by Gasteiger charge is -2.26. The number of hydrogen-bond donors (Lipinski definition) is 3. The molecular formula is C12H24N2O3. The molecule has 100 valence electrons. The van der Waals surface area contributed by atoms with Crippen LogP contribution in [-0.2, 0) is 9.59 Å². The van der Waals surface area contributed by atoms with E-state index < -0.39 is 11.9 Å². The fourth-order valence-electron chi connectivity index (χ4n) is 1.13. The van der Waals surface area contributed by atoms with Crippen LogP contribution in [-0.4, -0.2) is 29.6 Å². The first-order valence-corrected chi connectivity index (χ1v) is 5.89. The number of hydrogen-bond acceptors (Lipinski definition) is 3. The summed E-state index contributed by atoms with van der Waals surface area (Å²) in [5.41, 5.74) is 5.77. The first kappa shape index (κ1) is 15.9. The number of carbonyl (C=O) groups is 2. The molecule has 0 aromatic heterocycles. The number of nitrogens with one attached hydrogen (secondary N) is 1. The molecule has 1 amide bonds. The van der Waals surface area contributed by atoms with E-state index in [9.17, 15) is 9.59 Å². The largest absolute Gasteiger partial charge is 0.481 e. The minimum Gasteiger partial charge on any atom is -0.481 e. The van der Waals surface area contributed by atoms with E-state index in [0.29, 0.717) is 13.0 Å². The first-order valence-electron chi connectivity index (χ1n) is 5.89. The molecule has 5 nitrogen and oxygen atoms in total. The topological polar surface area (TPSA) is 92.4 Å². The molecule has 0 saturated carbocycles. The maximum absolute atomic E-state index is 11.5. The van der Waals surface area contributed by atoms with Gasteiger partial charge in [0.1, 0.15) is 0 Å². The molecule has 0 spiro atoms. The lowest BCUT2D eigenvalue weighted by Crippen LogP contribution is -2.40. The van der Waals surface area contributed by atoms with Crippen LogP contribution in [0.2, 0.25) is 0 Å². The lowest BCUT2D eigenvalue weighted by molar-refractivity contribution is -0.141. The van der Waals surface area contributed by atoms with E-state index in [2.05, 4.69) is 5.32 Å². The van der Waals surface area contributed by atoms with E-state index in [0.717, 1.165) is 0 Å². The van der Waals surface area contributed by atoms with Gasteiger partial charge in [-0.3, -0.25) is 9.59 Å². The van der Waals surface area contributed by atoms with Gasteiger partial charge in [0, 0.05) is 19.0 Å². The molecule has 0 rings (SSSR count). The Bertz CT molecular complexity index is 271. The Labute approximate surface area is 103 Å². The number of carboxylic acids is 1. The molecule has 0 aromatic rings. The maximum atomic E-state index is 11.5. The van der Waals surface area contributed by atoms with Crippen molar-refractivity contribution in [2.75, 3.05) is 6.54 Å². The van der Waals surface area contributed by atoms with Crippen LogP contribution >= 0.6 is 0 Å². The molecule has 0 radical (unpaired) electrons. The second-order valence-corrected chi connectivity index (χ2v) is 5.55. The lowest BCUT2D eigenvalue weighted by atomic mass is 9.85. The highest BCUT2D eigenvalue weighted by atomic mass is 16.4. The second kappa shape index (κ2) is 6.59. The summed E-state index contributed by atoms with van der Waals surface area (Å²) in [6, 6.07) is -0.195. The molecule has 5 heteroatoms. The van der Waals surface area contributed by atoms with Crippen molar-refractivity contribution in [3.05, 3.63) is 0 Å². The normalized spacial score (nSPS) is 15.1. The summed E-state index contributed by atoms with van der Waals surface area (Å²) in [6.45, 7) is 7.95. The van der Waals surface area contributed by atoms with Crippen LogP contribution in [0.25, 0.3) is 0 Å². The van der Waals surface area contributed by atoms with Crippen LogP contribution in [0.4, 0.5) is 0 Å². The van der Waals surface area contributed by atoms with Gasteiger partial charge in [-0.05, 0) is 11.8 Å². The Morgan fingerprint density at radius 1 is 1.35 bits per heavy atom. The molecule has 4 N–H and O–H groups in total. The van der Waals surface area contributed by atoms with Gasteiger partial charge in [-0.1, -0.05) is 27.7 Å². The van der Waals surface area contributed by atoms with Crippen LogP contribution in [0.1, 0.15) is 40.5 Å².